The maximum absolute atomic E-state index is 12.8. The van der Waals surface area contributed by atoms with E-state index in [1.807, 2.05) is 20.8 Å². The second kappa shape index (κ2) is 7.21. The number of likely N-dealkylation sites (N-methyl/N-ethyl adjacent to an activating group) is 1. The van der Waals surface area contributed by atoms with Crippen molar-refractivity contribution in [2.45, 2.75) is 39.3 Å². The van der Waals surface area contributed by atoms with Crippen LogP contribution in [0.25, 0.3) is 0 Å². The maximum Gasteiger partial charge on any atom is 0.342 e. The minimum absolute atomic E-state index is 0.0828. The average Bonchev–Trinajstić information content (AvgIpc) is 2.90. The van der Waals surface area contributed by atoms with Gasteiger partial charge in [-0.15, -0.1) is 17.1 Å². The molecule has 0 saturated heterocycles. The van der Waals surface area contributed by atoms with Crippen LogP contribution < -0.4 is 10.0 Å². The van der Waals surface area contributed by atoms with Crippen LogP contribution >= 0.6 is 11.3 Å². The molecule has 0 fully saturated rings. The van der Waals surface area contributed by atoms with Crippen molar-refractivity contribution in [1.82, 2.24) is 0 Å². The van der Waals surface area contributed by atoms with Crippen LogP contribution in [0.3, 0.4) is 0 Å². The number of nitrogens with zero attached hydrogens (tertiary/aromatic N) is 1. The van der Waals surface area contributed by atoms with Crippen LogP contribution in [0, 0.1) is 0 Å². The number of benzene rings is 1. The quantitative estimate of drug-likeness (QED) is 0.663. The highest BCUT2D eigenvalue weighted by Crippen LogP contribution is 2.38. The standard InChI is InChI=1S/C20H24N2O3S/c1-20(2,3)25-19(24)17-14-9-10-22(4)12-16(14)26-18(17)21-11-13-7-5-6-8-15(13)23/h5-8,11,23H,9-10,12H2,1-4H3. The monoisotopic (exact) mass is 372 g/mol. The van der Waals surface area contributed by atoms with Crippen molar-refractivity contribution in [1.29, 1.82) is 0 Å². The largest absolute Gasteiger partial charge is 0.872 e. The molecule has 0 spiro atoms. The molecule has 0 saturated carbocycles. The van der Waals surface area contributed by atoms with Crippen molar-refractivity contribution < 1.29 is 19.5 Å². The minimum atomic E-state index is -0.564. The molecular formula is C20H24N2O3S. The molecule has 1 aromatic carbocycles. The van der Waals surface area contributed by atoms with E-state index in [1.165, 1.54) is 27.2 Å². The molecule has 5 nitrogen and oxygen atoms in total. The Bertz CT molecular complexity index is 849. The van der Waals surface area contributed by atoms with E-state index in [-0.39, 0.29) is 11.7 Å². The predicted octanol–water partition coefficient (Wildman–Crippen LogP) is 2.10. The summed E-state index contributed by atoms with van der Waals surface area (Å²) in [6, 6.07) is 6.74. The second-order valence-corrected chi connectivity index (χ2v) is 8.70. The van der Waals surface area contributed by atoms with Crippen LogP contribution in [0.5, 0.6) is 5.75 Å². The van der Waals surface area contributed by atoms with Gasteiger partial charge in [0, 0.05) is 12.6 Å². The van der Waals surface area contributed by atoms with E-state index in [9.17, 15) is 9.90 Å². The molecule has 2 heterocycles. The van der Waals surface area contributed by atoms with Gasteiger partial charge in [0.15, 0.2) is 0 Å². The van der Waals surface area contributed by atoms with E-state index in [4.69, 9.17) is 4.74 Å². The second-order valence-electron chi connectivity index (χ2n) is 7.62. The molecule has 1 aromatic heterocycles. The lowest BCUT2D eigenvalue weighted by Crippen LogP contribution is -3.08. The molecular weight excluding hydrogens is 348 g/mol. The smallest absolute Gasteiger partial charge is 0.342 e. The first kappa shape index (κ1) is 18.6. The van der Waals surface area contributed by atoms with Crippen LogP contribution in [0.2, 0.25) is 0 Å². The lowest BCUT2D eigenvalue weighted by Gasteiger charge is -2.22. The Morgan fingerprint density at radius 3 is 2.77 bits per heavy atom. The van der Waals surface area contributed by atoms with E-state index < -0.39 is 5.60 Å². The lowest BCUT2D eigenvalue weighted by molar-refractivity contribution is -0.895. The zero-order valence-electron chi connectivity index (χ0n) is 15.6. The van der Waals surface area contributed by atoms with Crippen LogP contribution in [0.1, 0.15) is 47.1 Å². The van der Waals surface area contributed by atoms with Crippen molar-refractivity contribution in [3.63, 3.8) is 0 Å². The Hall–Kier alpha value is -2.18. The summed E-state index contributed by atoms with van der Waals surface area (Å²) in [6.45, 7) is 7.43. The van der Waals surface area contributed by atoms with Gasteiger partial charge in [-0.05, 0) is 31.9 Å². The molecule has 1 N–H and O–H groups in total. The average molecular weight is 372 g/mol. The molecule has 1 unspecified atom stereocenters. The molecule has 1 atom stereocenters. The van der Waals surface area contributed by atoms with Gasteiger partial charge < -0.3 is 14.7 Å². The normalized spacial score (nSPS) is 17.3. The van der Waals surface area contributed by atoms with Crippen molar-refractivity contribution >= 4 is 28.5 Å². The van der Waals surface area contributed by atoms with Gasteiger partial charge in [0.1, 0.15) is 22.7 Å². The summed E-state index contributed by atoms with van der Waals surface area (Å²) in [5.41, 5.74) is 1.56. The Kier molecular flexibility index (Phi) is 5.16. The lowest BCUT2D eigenvalue weighted by atomic mass is 10.0. The van der Waals surface area contributed by atoms with Crippen LogP contribution in [-0.2, 0) is 17.7 Å². The molecule has 2 aromatic rings. The number of carbonyl (C=O) groups is 1. The zero-order valence-corrected chi connectivity index (χ0v) is 16.4. The molecule has 0 aliphatic carbocycles. The molecule has 6 heteroatoms. The molecule has 1 aliphatic rings. The van der Waals surface area contributed by atoms with Gasteiger partial charge in [0.05, 0.1) is 18.5 Å². The Balaban J connectivity index is 2.01. The number of nitrogens with one attached hydrogen (secondary N) is 1. The van der Waals surface area contributed by atoms with E-state index in [1.54, 1.807) is 24.4 Å². The first-order chi connectivity index (χ1) is 12.2. The Morgan fingerprint density at radius 2 is 2.08 bits per heavy atom. The molecule has 0 bridgehead atoms. The first-order valence-electron chi connectivity index (χ1n) is 8.74. The third-order valence-electron chi connectivity index (χ3n) is 4.18. The fraction of sp³-hybridized carbons (Fsp3) is 0.400. The highest BCUT2D eigenvalue weighted by Gasteiger charge is 2.31. The number of esters is 1. The number of rotatable bonds is 3. The highest BCUT2D eigenvalue weighted by molar-refractivity contribution is 7.16. The van der Waals surface area contributed by atoms with Crippen LogP contribution in [0.15, 0.2) is 29.3 Å². The number of hydrogen-bond donors (Lipinski definition) is 1. The van der Waals surface area contributed by atoms with Crippen LogP contribution in [-0.4, -0.2) is 31.4 Å². The summed E-state index contributed by atoms with van der Waals surface area (Å²) in [5, 5.41) is 12.5. The predicted molar refractivity (Wildman–Crippen MR) is 102 cm³/mol. The number of para-hydroxylation sites is 1. The molecule has 3 rings (SSSR count). The molecule has 0 radical (unpaired) electrons. The van der Waals surface area contributed by atoms with Gasteiger partial charge in [0.2, 0.25) is 0 Å². The fourth-order valence-corrected chi connectivity index (χ4v) is 4.25. The van der Waals surface area contributed by atoms with Crippen molar-refractivity contribution in [3.8, 4) is 5.75 Å². The SMILES string of the molecule is C[NH+]1CCc2c(sc(N=Cc3ccccc3[O-])c2C(=O)OC(C)(C)C)C1. The van der Waals surface area contributed by atoms with E-state index in [0.29, 0.717) is 16.1 Å². The van der Waals surface area contributed by atoms with Crippen molar-refractivity contribution in [3.05, 3.63) is 45.8 Å². The summed E-state index contributed by atoms with van der Waals surface area (Å²) in [7, 11) is 2.15. The minimum Gasteiger partial charge on any atom is -0.872 e. The van der Waals surface area contributed by atoms with Gasteiger partial charge in [0.25, 0.3) is 0 Å². The Labute approximate surface area is 157 Å². The van der Waals surface area contributed by atoms with E-state index >= 15 is 0 Å². The van der Waals surface area contributed by atoms with E-state index in [0.717, 1.165) is 25.1 Å². The summed E-state index contributed by atoms with van der Waals surface area (Å²) in [4.78, 5) is 19.9. The van der Waals surface area contributed by atoms with Gasteiger partial charge in [-0.25, -0.2) is 9.79 Å². The number of ether oxygens (including phenoxy) is 1. The Morgan fingerprint density at radius 1 is 1.35 bits per heavy atom. The van der Waals surface area contributed by atoms with Crippen molar-refractivity contribution in [2.24, 2.45) is 4.99 Å². The first-order valence-corrected chi connectivity index (χ1v) is 9.55. The van der Waals surface area contributed by atoms with Gasteiger partial charge in [-0.1, -0.05) is 24.3 Å². The topological polar surface area (TPSA) is 66.2 Å². The summed E-state index contributed by atoms with van der Waals surface area (Å²) in [6.07, 6.45) is 2.38. The molecule has 138 valence electrons. The highest BCUT2D eigenvalue weighted by atomic mass is 32.1. The van der Waals surface area contributed by atoms with Gasteiger partial charge in [-0.3, -0.25) is 0 Å². The summed E-state index contributed by atoms with van der Waals surface area (Å²) >= 11 is 1.52. The molecule has 0 amide bonds. The number of thiophene rings is 1. The molecule has 26 heavy (non-hydrogen) atoms. The third kappa shape index (κ3) is 4.14. The third-order valence-corrected chi connectivity index (χ3v) is 5.32. The fourth-order valence-electron chi connectivity index (χ4n) is 2.95. The van der Waals surface area contributed by atoms with Gasteiger partial charge in [-0.2, -0.15) is 0 Å². The van der Waals surface area contributed by atoms with E-state index in [2.05, 4.69) is 12.0 Å². The zero-order chi connectivity index (χ0) is 18.9. The van der Waals surface area contributed by atoms with Gasteiger partial charge >= 0.3 is 5.97 Å². The van der Waals surface area contributed by atoms with Crippen molar-refractivity contribution in [2.75, 3.05) is 13.6 Å². The number of fused-ring (bicyclic) bond motifs is 1. The number of quaternary nitrogens is 1. The number of hydrogen-bond acceptors (Lipinski definition) is 5. The summed E-state index contributed by atoms with van der Waals surface area (Å²) in [5.74, 6) is -0.419. The summed E-state index contributed by atoms with van der Waals surface area (Å²) < 4.78 is 5.62. The van der Waals surface area contributed by atoms with Crippen LogP contribution in [0.4, 0.5) is 5.00 Å². The molecule has 1 aliphatic heterocycles. The number of aliphatic imine (C=N–C) groups is 1. The maximum atomic E-state index is 12.8. The number of carbonyl (C=O) groups excluding carboxylic acids is 1.